The van der Waals surface area contributed by atoms with Crippen LogP contribution in [0.1, 0.15) is 60.6 Å². The number of carbonyl (C=O) groups excluding carboxylic acids is 4. The number of nitrogens with zero attached hydrogens (tertiary/aromatic N) is 6. The number of aryl methyl sites for hydroxylation is 1. The number of cyclic esters (lactones) is 1. The summed E-state index contributed by atoms with van der Waals surface area (Å²) in [6, 6.07) is 12.5. The fraction of sp³-hybridized carbons (Fsp3) is 0.358. The lowest BCUT2D eigenvalue weighted by atomic mass is 9.85. The Morgan fingerprint density at radius 2 is 1.76 bits per heavy atom. The van der Waals surface area contributed by atoms with E-state index in [2.05, 4.69) is 23.3 Å². The van der Waals surface area contributed by atoms with Gasteiger partial charge in [-0.2, -0.15) is 0 Å². The van der Waals surface area contributed by atoms with Crippen LogP contribution in [0.25, 0.3) is 33.4 Å². The maximum absolute atomic E-state index is 16.4. The zero-order valence-corrected chi connectivity index (χ0v) is 41.2. The van der Waals surface area contributed by atoms with E-state index in [4.69, 9.17) is 35.5 Å². The molecule has 1 fully saturated rings. The topological polar surface area (TPSA) is 194 Å². The van der Waals surface area contributed by atoms with Crippen molar-refractivity contribution in [1.29, 1.82) is 0 Å². The van der Waals surface area contributed by atoms with E-state index in [0.29, 0.717) is 54.1 Å². The first-order valence-electron chi connectivity index (χ1n) is 23.5. The SMILES string of the molecule is C=C(COC(=O)N(C)CCN(C)C(=O)O[C@]1(CC)C(=O)OCc2c1cc1n(c2=O)Cc2c-1nc1ccc(O)cc1c2CC)C(=O)N1CCN2Cc3cc(C#CC)c(-c4c(O)cccc4Cl)c(F)c3OC[C@H]2C1. The number of hydrogen-bond donors (Lipinski definition) is 2. The second kappa shape index (κ2) is 19.5. The number of pyridine rings is 2. The number of halogens is 2. The smallest absolute Gasteiger partial charge is 0.411 e. The number of fused-ring (bicyclic) bond motifs is 7. The molecule has 1 saturated heterocycles. The summed E-state index contributed by atoms with van der Waals surface area (Å²) in [5.41, 5.74) is 2.49. The fourth-order valence-electron chi connectivity index (χ4n) is 10.0. The lowest BCUT2D eigenvalue weighted by Crippen LogP contribution is -2.56. The quantitative estimate of drug-likeness (QED) is 0.0639. The van der Waals surface area contributed by atoms with Gasteiger partial charge in [-0.25, -0.2) is 23.8 Å². The van der Waals surface area contributed by atoms with Crippen molar-refractivity contribution in [1.82, 2.24) is 29.2 Å². The van der Waals surface area contributed by atoms with E-state index in [-0.39, 0.29) is 102 Å². The molecule has 0 aliphatic carbocycles. The molecular weight excluding hydrogens is 951 g/mol. The van der Waals surface area contributed by atoms with Crippen molar-refractivity contribution in [2.24, 2.45) is 0 Å². The van der Waals surface area contributed by atoms with Crippen molar-refractivity contribution in [3.8, 4) is 51.6 Å². The number of likely N-dealkylation sites (N-methyl/N-ethyl adjacent to an activating group) is 2. The van der Waals surface area contributed by atoms with Gasteiger partial charge >= 0.3 is 18.2 Å². The molecule has 72 heavy (non-hydrogen) atoms. The van der Waals surface area contributed by atoms with E-state index in [9.17, 15) is 34.2 Å². The Bertz CT molecular complexity index is 3240. The first-order valence-corrected chi connectivity index (χ1v) is 23.9. The van der Waals surface area contributed by atoms with Crippen molar-refractivity contribution in [3.63, 3.8) is 0 Å². The monoisotopic (exact) mass is 1000 g/mol. The van der Waals surface area contributed by atoms with Gasteiger partial charge in [-0.1, -0.05) is 44.0 Å². The highest BCUT2D eigenvalue weighted by Crippen LogP contribution is 2.45. The molecule has 0 spiro atoms. The summed E-state index contributed by atoms with van der Waals surface area (Å²) in [5.74, 6) is 3.70. The second-order valence-corrected chi connectivity index (χ2v) is 18.6. The molecule has 4 aliphatic rings. The van der Waals surface area contributed by atoms with Gasteiger partial charge < -0.3 is 48.4 Å². The van der Waals surface area contributed by atoms with E-state index < -0.39 is 47.6 Å². The van der Waals surface area contributed by atoms with Crippen molar-refractivity contribution in [3.05, 3.63) is 115 Å². The minimum atomic E-state index is -1.97. The molecule has 374 valence electrons. The molecule has 5 aromatic rings. The van der Waals surface area contributed by atoms with E-state index in [1.54, 1.807) is 65.8 Å². The van der Waals surface area contributed by atoms with Crippen LogP contribution in [0.15, 0.2) is 65.5 Å². The zero-order valence-electron chi connectivity index (χ0n) is 40.4. The number of esters is 1. The molecule has 9 rings (SSSR count). The first kappa shape index (κ1) is 49.4. The average Bonchev–Trinajstić information content (AvgIpc) is 3.62. The van der Waals surface area contributed by atoms with Crippen molar-refractivity contribution < 1.29 is 52.7 Å². The van der Waals surface area contributed by atoms with Crippen LogP contribution in [-0.4, -0.2) is 130 Å². The van der Waals surface area contributed by atoms with E-state index in [1.807, 2.05) is 6.92 Å². The van der Waals surface area contributed by atoms with Gasteiger partial charge in [-0.15, -0.1) is 5.92 Å². The zero-order chi connectivity index (χ0) is 51.3. The Labute approximate surface area is 418 Å². The largest absolute Gasteiger partial charge is 0.508 e. The highest BCUT2D eigenvalue weighted by Gasteiger charge is 2.51. The predicted octanol–water partition coefficient (Wildman–Crippen LogP) is 6.69. The second-order valence-electron chi connectivity index (χ2n) is 18.2. The maximum Gasteiger partial charge on any atom is 0.411 e. The van der Waals surface area contributed by atoms with Crippen LogP contribution in [0.5, 0.6) is 17.2 Å². The third kappa shape index (κ3) is 8.59. The molecule has 0 bridgehead atoms. The number of aromatic nitrogens is 2. The number of rotatable bonds is 10. The van der Waals surface area contributed by atoms with Gasteiger partial charge in [0.1, 0.15) is 31.3 Å². The van der Waals surface area contributed by atoms with Crippen LogP contribution >= 0.6 is 11.6 Å². The minimum Gasteiger partial charge on any atom is -0.508 e. The molecular formula is C53H52ClFN6O11. The van der Waals surface area contributed by atoms with Crippen LogP contribution in [0.4, 0.5) is 14.0 Å². The molecule has 17 nitrogen and oxygen atoms in total. The summed E-state index contributed by atoms with van der Waals surface area (Å²) >= 11 is 6.44. The summed E-state index contributed by atoms with van der Waals surface area (Å²) in [4.78, 5) is 79.4. The molecule has 6 heterocycles. The number of aromatic hydroxyl groups is 2. The standard InChI is InChI=1S/C53H52ClFN6O11/c1-7-11-30-20-31-23-59-18-19-60(24-32(59)27-69-47(31)45(55)43(30)44-39(54)12-10-13-42(44)63)48(64)29(4)26-71-51(67)57(5)16-17-58(6)52(68)72-53(9-3)38-22-41-46-36(25-61(41)49(65)37(38)28-70-50(53)66)34(8-2)35-21-33(62)14-15-40(35)56-46/h10,12-15,20-22,32,62-63H,4,8-9,16-19,23-28H2,1-3,5-6H3/t32-,53+/m1/s1. The summed E-state index contributed by atoms with van der Waals surface area (Å²) in [6.45, 7) is 9.88. The number of ether oxygens (including phenoxy) is 4. The number of benzene rings is 3. The average molecular weight is 1000 g/mol. The van der Waals surface area contributed by atoms with Gasteiger partial charge in [-0.05, 0) is 67.8 Å². The Hall–Kier alpha value is -7.62. The number of carbonyl (C=O) groups is 4. The molecule has 2 aromatic heterocycles. The number of phenolic OH excluding ortho intramolecular Hbond substituents is 2. The van der Waals surface area contributed by atoms with Crippen LogP contribution in [0.2, 0.25) is 5.02 Å². The molecule has 0 unspecified atom stereocenters. The Morgan fingerprint density at radius 1 is 1.00 bits per heavy atom. The third-order valence-electron chi connectivity index (χ3n) is 13.9. The van der Waals surface area contributed by atoms with Gasteiger partial charge in [0, 0.05) is 97.7 Å². The molecule has 19 heteroatoms. The highest BCUT2D eigenvalue weighted by atomic mass is 35.5. The Balaban J connectivity index is 0.807. The summed E-state index contributed by atoms with van der Waals surface area (Å²) in [5, 5.41) is 21.8. The Kier molecular flexibility index (Phi) is 13.4. The van der Waals surface area contributed by atoms with Crippen LogP contribution < -0.4 is 10.3 Å². The highest BCUT2D eigenvalue weighted by molar-refractivity contribution is 6.33. The van der Waals surface area contributed by atoms with Gasteiger partial charge in [0.2, 0.25) is 5.60 Å². The van der Waals surface area contributed by atoms with Gasteiger partial charge in [0.05, 0.1) is 40.1 Å². The van der Waals surface area contributed by atoms with E-state index >= 15 is 4.39 Å². The molecule has 2 atom stereocenters. The lowest BCUT2D eigenvalue weighted by Gasteiger charge is -2.40. The van der Waals surface area contributed by atoms with Gasteiger partial charge in [0.15, 0.2) is 11.6 Å². The molecule has 0 saturated carbocycles. The number of piperazine rings is 1. The summed E-state index contributed by atoms with van der Waals surface area (Å²) < 4.78 is 41.1. The van der Waals surface area contributed by atoms with Crippen molar-refractivity contribution in [2.75, 3.05) is 60.0 Å². The van der Waals surface area contributed by atoms with E-state index in [1.165, 1.54) is 30.0 Å². The minimum absolute atomic E-state index is 0.0147. The van der Waals surface area contributed by atoms with Gasteiger partial charge in [0.25, 0.3) is 11.5 Å². The number of phenols is 2. The third-order valence-corrected chi connectivity index (χ3v) is 14.2. The normalized spacial score (nSPS) is 17.6. The lowest BCUT2D eigenvalue weighted by molar-refractivity contribution is -0.173. The number of hydrogen-bond acceptors (Lipinski definition) is 13. The van der Waals surface area contributed by atoms with Crippen LogP contribution in [-0.2, 0) is 55.5 Å². The maximum atomic E-state index is 16.4. The first-order chi connectivity index (χ1) is 34.5. The number of amides is 3. The van der Waals surface area contributed by atoms with E-state index in [0.717, 1.165) is 16.5 Å². The summed E-state index contributed by atoms with van der Waals surface area (Å²) in [7, 11) is 2.89. The Morgan fingerprint density at radius 3 is 2.49 bits per heavy atom. The molecule has 3 aromatic carbocycles. The molecule has 3 amide bonds. The van der Waals surface area contributed by atoms with Gasteiger partial charge in [-0.3, -0.25) is 14.5 Å². The molecule has 0 radical (unpaired) electrons. The molecule has 2 N–H and O–H groups in total. The van der Waals surface area contributed by atoms with Crippen molar-refractivity contribution >= 4 is 46.6 Å². The predicted molar refractivity (Wildman–Crippen MR) is 263 cm³/mol. The van der Waals surface area contributed by atoms with Crippen LogP contribution in [0, 0.1) is 17.7 Å². The fourth-order valence-corrected chi connectivity index (χ4v) is 10.3. The molecule has 4 aliphatic heterocycles. The summed E-state index contributed by atoms with van der Waals surface area (Å²) in [6.07, 6.45) is -1.15. The van der Waals surface area contributed by atoms with Crippen molar-refractivity contribution in [2.45, 2.75) is 65.0 Å². The van der Waals surface area contributed by atoms with Crippen LogP contribution in [0.3, 0.4) is 0 Å².